The van der Waals surface area contributed by atoms with Gasteiger partial charge in [-0.05, 0) is 24.5 Å². The molecule has 0 aliphatic rings. The van der Waals surface area contributed by atoms with Crippen LogP contribution >= 0.6 is 0 Å². The highest BCUT2D eigenvalue weighted by molar-refractivity contribution is 5.39. The summed E-state index contributed by atoms with van der Waals surface area (Å²) in [6, 6.07) is 5.87. The lowest BCUT2D eigenvalue weighted by molar-refractivity contribution is 0.275. The van der Waals surface area contributed by atoms with Crippen LogP contribution in [0.1, 0.15) is 30.5 Å². The molecule has 1 aromatic carbocycles. The summed E-state index contributed by atoms with van der Waals surface area (Å²) >= 11 is 0. The summed E-state index contributed by atoms with van der Waals surface area (Å²) < 4.78 is 5.25. The van der Waals surface area contributed by atoms with Gasteiger partial charge >= 0.3 is 0 Å². The molecule has 0 amide bonds. The van der Waals surface area contributed by atoms with Gasteiger partial charge in [0.25, 0.3) is 0 Å². The lowest BCUT2D eigenvalue weighted by atomic mass is 10.00. The van der Waals surface area contributed by atoms with Gasteiger partial charge in [0.05, 0.1) is 7.11 Å². The molecule has 1 rings (SSSR count). The maximum atomic E-state index is 8.87. The smallest absolute Gasteiger partial charge is 0.123 e. The van der Waals surface area contributed by atoms with Gasteiger partial charge in [-0.3, -0.25) is 0 Å². The van der Waals surface area contributed by atoms with Crippen LogP contribution in [-0.2, 0) is 6.42 Å². The third-order valence-electron chi connectivity index (χ3n) is 2.54. The van der Waals surface area contributed by atoms with E-state index in [-0.39, 0.29) is 12.6 Å². The van der Waals surface area contributed by atoms with E-state index < -0.39 is 0 Å². The van der Waals surface area contributed by atoms with E-state index in [1.807, 2.05) is 12.1 Å². The predicted octanol–water partition coefficient (Wildman–Crippen LogP) is 1.64. The molecule has 0 aromatic heterocycles. The largest absolute Gasteiger partial charge is 0.496 e. The van der Waals surface area contributed by atoms with Gasteiger partial charge in [-0.15, -0.1) is 0 Å². The van der Waals surface area contributed by atoms with Gasteiger partial charge < -0.3 is 15.6 Å². The first-order valence-electron chi connectivity index (χ1n) is 5.26. The average molecular weight is 209 g/mol. The van der Waals surface area contributed by atoms with Crippen molar-refractivity contribution in [1.82, 2.24) is 0 Å². The molecule has 0 radical (unpaired) electrons. The van der Waals surface area contributed by atoms with Gasteiger partial charge in [0.1, 0.15) is 5.75 Å². The van der Waals surface area contributed by atoms with Crippen molar-refractivity contribution < 1.29 is 9.84 Å². The summed E-state index contributed by atoms with van der Waals surface area (Å²) in [5.41, 5.74) is 8.18. The van der Waals surface area contributed by atoms with Crippen LogP contribution in [0.3, 0.4) is 0 Å². The highest BCUT2D eigenvalue weighted by Crippen LogP contribution is 2.26. The maximum absolute atomic E-state index is 8.87. The van der Waals surface area contributed by atoms with Crippen LogP contribution in [0.2, 0.25) is 0 Å². The molecule has 3 heteroatoms. The first-order valence-corrected chi connectivity index (χ1v) is 5.26. The number of ether oxygens (including phenoxy) is 1. The molecule has 84 valence electrons. The van der Waals surface area contributed by atoms with Crippen LogP contribution < -0.4 is 10.5 Å². The van der Waals surface area contributed by atoms with Gasteiger partial charge in [-0.25, -0.2) is 0 Å². The minimum Gasteiger partial charge on any atom is -0.496 e. The number of aliphatic hydroxyl groups excluding tert-OH is 1. The maximum Gasteiger partial charge on any atom is 0.123 e. The monoisotopic (exact) mass is 209 g/mol. The van der Waals surface area contributed by atoms with E-state index in [0.29, 0.717) is 6.42 Å². The molecule has 0 saturated carbocycles. The Morgan fingerprint density at radius 3 is 2.73 bits per heavy atom. The number of rotatable bonds is 5. The SMILES string of the molecule is CCc1ccc(OC)c(C(N)CCO)c1. The Hall–Kier alpha value is -1.06. The van der Waals surface area contributed by atoms with E-state index in [2.05, 4.69) is 13.0 Å². The predicted molar refractivity (Wildman–Crippen MR) is 61.0 cm³/mol. The lowest BCUT2D eigenvalue weighted by Crippen LogP contribution is -2.13. The fraction of sp³-hybridized carbons (Fsp3) is 0.500. The Morgan fingerprint density at radius 2 is 2.20 bits per heavy atom. The van der Waals surface area contributed by atoms with Crippen molar-refractivity contribution in [2.24, 2.45) is 5.73 Å². The number of benzene rings is 1. The molecule has 0 aliphatic heterocycles. The van der Waals surface area contributed by atoms with Gasteiger partial charge in [0, 0.05) is 18.2 Å². The number of hydrogen-bond acceptors (Lipinski definition) is 3. The molecule has 0 bridgehead atoms. The number of aryl methyl sites for hydroxylation is 1. The van der Waals surface area contributed by atoms with Gasteiger partial charge in [0.2, 0.25) is 0 Å². The molecule has 1 aromatic rings. The molecular formula is C12H19NO2. The van der Waals surface area contributed by atoms with Crippen LogP contribution in [-0.4, -0.2) is 18.8 Å². The fourth-order valence-electron chi connectivity index (χ4n) is 1.59. The zero-order valence-electron chi connectivity index (χ0n) is 9.36. The van der Waals surface area contributed by atoms with E-state index >= 15 is 0 Å². The summed E-state index contributed by atoms with van der Waals surface area (Å²) in [6.07, 6.45) is 1.53. The molecular weight excluding hydrogens is 190 g/mol. The quantitative estimate of drug-likeness (QED) is 0.775. The van der Waals surface area contributed by atoms with E-state index in [0.717, 1.165) is 17.7 Å². The molecule has 15 heavy (non-hydrogen) atoms. The molecule has 0 fully saturated rings. The van der Waals surface area contributed by atoms with Gasteiger partial charge in [-0.1, -0.05) is 19.1 Å². The van der Waals surface area contributed by atoms with E-state index in [9.17, 15) is 0 Å². The molecule has 3 nitrogen and oxygen atoms in total. The molecule has 0 spiro atoms. The Kier molecular flexibility index (Phi) is 4.59. The number of nitrogens with two attached hydrogens (primary N) is 1. The summed E-state index contributed by atoms with van der Waals surface area (Å²) in [4.78, 5) is 0. The van der Waals surface area contributed by atoms with Crippen LogP contribution in [0, 0.1) is 0 Å². The third kappa shape index (κ3) is 2.94. The molecule has 0 aliphatic carbocycles. The average Bonchev–Trinajstić information content (AvgIpc) is 2.28. The topological polar surface area (TPSA) is 55.5 Å². The molecule has 1 atom stereocenters. The molecule has 0 heterocycles. The second-order valence-electron chi connectivity index (χ2n) is 3.55. The van der Waals surface area contributed by atoms with Crippen LogP contribution in [0.25, 0.3) is 0 Å². The van der Waals surface area contributed by atoms with E-state index in [1.54, 1.807) is 7.11 Å². The zero-order chi connectivity index (χ0) is 11.3. The molecule has 0 saturated heterocycles. The first kappa shape index (κ1) is 12.0. The highest BCUT2D eigenvalue weighted by atomic mass is 16.5. The normalized spacial score (nSPS) is 12.5. The number of methoxy groups -OCH3 is 1. The van der Waals surface area contributed by atoms with Crippen molar-refractivity contribution in [3.63, 3.8) is 0 Å². The standard InChI is InChI=1S/C12H19NO2/c1-3-9-4-5-12(15-2)10(8-9)11(13)6-7-14/h4-5,8,11,14H,3,6-7,13H2,1-2H3. The Morgan fingerprint density at radius 1 is 1.47 bits per heavy atom. The number of aliphatic hydroxyl groups is 1. The van der Waals surface area contributed by atoms with Crippen molar-refractivity contribution in [2.45, 2.75) is 25.8 Å². The summed E-state index contributed by atoms with van der Waals surface area (Å²) in [5.74, 6) is 0.799. The summed E-state index contributed by atoms with van der Waals surface area (Å²) in [5, 5.41) is 8.87. The minimum absolute atomic E-state index is 0.0979. The van der Waals surface area contributed by atoms with E-state index in [4.69, 9.17) is 15.6 Å². The van der Waals surface area contributed by atoms with Crippen LogP contribution in [0.15, 0.2) is 18.2 Å². The van der Waals surface area contributed by atoms with Crippen molar-refractivity contribution in [3.05, 3.63) is 29.3 Å². The summed E-state index contributed by atoms with van der Waals surface area (Å²) in [6.45, 7) is 2.20. The molecule has 3 N–H and O–H groups in total. The number of hydrogen-bond donors (Lipinski definition) is 2. The summed E-state index contributed by atoms with van der Waals surface area (Å²) in [7, 11) is 1.64. The third-order valence-corrected chi connectivity index (χ3v) is 2.54. The first-order chi connectivity index (χ1) is 7.22. The highest BCUT2D eigenvalue weighted by Gasteiger charge is 2.11. The van der Waals surface area contributed by atoms with Gasteiger partial charge in [-0.2, -0.15) is 0 Å². The van der Waals surface area contributed by atoms with Crippen molar-refractivity contribution in [1.29, 1.82) is 0 Å². The Labute approximate surface area is 90.9 Å². The fourth-order valence-corrected chi connectivity index (χ4v) is 1.59. The Bertz CT molecular complexity index is 312. The Balaban J connectivity index is 3.00. The second-order valence-corrected chi connectivity index (χ2v) is 3.55. The minimum atomic E-state index is -0.156. The van der Waals surface area contributed by atoms with Crippen LogP contribution in [0.4, 0.5) is 0 Å². The van der Waals surface area contributed by atoms with Crippen molar-refractivity contribution in [2.75, 3.05) is 13.7 Å². The second kappa shape index (κ2) is 5.73. The van der Waals surface area contributed by atoms with E-state index in [1.165, 1.54) is 5.56 Å². The van der Waals surface area contributed by atoms with Crippen molar-refractivity contribution >= 4 is 0 Å². The zero-order valence-corrected chi connectivity index (χ0v) is 9.36. The molecule has 1 unspecified atom stereocenters. The lowest BCUT2D eigenvalue weighted by Gasteiger charge is -2.15. The van der Waals surface area contributed by atoms with Gasteiger partial charge in [0.15, 0.2) is 0 Å². The van der Waals surface area contributed by atoms with Crippen molar-refractivity contribution in [3.8, 4) is 5.75 Å². The van der Waals surface area contributed by atoms with Crippen LogP contribution in [0.5, 0.6) is 5.75 Å².